The number of anilines is 1. The summed E-state index contributed by atoms with van der Waals surface area (Å²) in [6, 6.07) is 7.54. The van der Waals surface area contributed by atoms with Crippen LogP contribution in [-0.4, -0.2) is 70.7 Å². The maximum Gasteiger partial charge on any atom is 0.345 e. The van der Waals surface area contributed by atoms with Gasteiger partial charge in [0.15, 0.2) is 5.78 Å². The standard InChI is InChI=1S/C24H32FN5O3/c25-21-17-28(15-16-33-21)20-6-2-1-5-19(20)23(31)18-8-11-27(12-9-18)13-14-30-24(32)29-10-4-3-7-22(29)26-30/h1-2,5-6,18,21H,3-4,7-17H2. The van der Waals surface area contributed by atoms with Crippen LogP contribution in [0.25, 0.3) is 0 Å². The number of para-hydroxylation sites is 1. The van der Waals surface area contributed by atoms with Crippen molar-refractivity contribution in [2.24, 2.45) is 5.92 Å². The van der Waals surface area contributed by atoms with Crippen LogP contribution in [0.15, 0.2) is 29.1 Å². The molecule has 8 nitrogen and oxygen atoms in total. The van der Waals surface area contributed by atoms with Gasteiger partial charge in [0.2, 0.25) is 6.36 Å². The number of aromatic nitrogens is 3. The van der Waals surface area contributed by atoms with E-state index < -0.39 is 6.36 Å². The summed E-state index contributed by atoms with van der Waals surface area (Å²) in [5, 5.41) is 4.52. The van der Waals surface area contributed by atoms with Gasteiger partial charge in [-0.2, -0.15) is 5.10 Å². The summed E-state index contributed by atoms with van der Waals surface area (Å²) in [4.78, 5) is 30.1. The number of rotatable bonds is 6. The highest BCUT2D eigenvalue weighted by molar-refractivity contribution is 6.03. The number of hydrogen-bond donors (Lipinski definition) is 0. The lowest BCUT2D eigenvalue weighted by Gasteiger charge is -2.34. The van der Waals surface area contributed by atoms with Crippen molar-refractivity contribution in [3.63, 3.8) is 0 Å². The van der Waals surface area contributed by atoms with Gasteiger partial charge in [0.1, 0.15) is 5.82 Å². The minimum atomic E-state index is -1.32. The normalized spacial score (nSPS) is 22.3. The first kappa shape index (κ1) is 22.3. The molecular weight excluding hydrogens is 425 g/mol. The molecule has 1 aromatic carbocycles. The number of piperidine rings is 1. The summed E-state index contributed by atoms with van der Waals surface area (Å²) in [6.07, 6.45) is 3.28. The Hall–Kier alpha value is -2.52. The van der Waals surface area contributed by atoms with E-state index in [1.807, 2.05) is 33.7 Å². The Balaban J connectivity index is 1.18. The molecule has 0 bridgehead atoms. The van der Waals surface area contributed by atoms with Crippen molar-refractivity contribution in [2.45, 2.75) is 51.6 Å². The highest BCUT2D eigenvalue weighted by atomic mass is 19.1. The van der Waals surface area contributed by atoms with Crippen LogP contribution in [0.3, 0.4) is 0 Å². The topological polar surface area (TPSA) is 72.6 Å². The number of ketones is 1. The van der Waals surface area contributed by atoms with E-state index in [2.05, 4.69) is 10.00 Å². The van der Waals surface area contributed by atoms with E-state index in [1.165, 1.54) is 0 Å². The second-order valence-electron chi connectivity index (χ2n) is 9.25. The van der Waals surface area contributed by atoms with Crippen LogP contribution in [0.1, 0.15) is 41.9 Å². The van der Waals surface area contributed by atoms with Gasteiger partial charge in [-0.3, -0.25) is 9.36 Å². The number of benzene rings is 1. The minimum Gasteiger partial charge on any atom is -0.363 e. The molecule has 4 heterocycles. The molecule has 2 fully saturated rings. The molecule has 33 heavy (non-hydrogen) atoms. The molecule has 0 radical (unpaired) electrons. The SMILES string of the molecule is O=C(c1ccccc1N1CCOC(F)C1)C1CCN(CCn2nc3n(c2=O)CCCC3)CC1. The number of likely N-dealkylation sites (tertiary alicyclic amines) is 1. The fraction of sp³-hybridized carbons (Fsp3) is 0.625. The second-order valence-corrected chi connectivity index (χ2v) is 9.25. The summed E-state index contributed by atoms with van der Waals surface area (Å²) in [6.45, 7) is 4.83. The third kappa shape index (κ3) is 4.75. The number of alkyl halides is 1. The molecule has 1 atom stereocenters. The lowest BCUT2D eigenvalue weighted by atomic mass is 9.88. The molecule has 3 aliphatic heterocycles. The average molecular weight is 458 g/mol. The number of hydrogen-bond acceptors (Lipinski definition) is 6. The van der Waals surface area contributed by atoms with Crippen molar-refractivity contribution in [3.05, 3.63) is 46.1 Å². The smallest absolute Gasteiger partial charge is 0.345 e. The largest absolute Gasteiger partial charge is 0.363 e. The molecule has 1 aromatic heterocycles. The van der Waals surface area contributed by atoms with Gasteiger partial charge in [-0.05, 0) is 50.9 Å². The zero-order chi connectivity index (χ0) is 22.8. The Bertz CT molecular complexity index is 1040. The molecular formula is C24H32FN5O3. The fourth-order valence-corrected chi connectivity index (χ4v) is 5.25. The monoisotopic (exact) mass is 457 g/mol. The van der Waals surface area contributed by atoms with Gasteiger partial charge in [-0.1, -0.05) is 12.1 Å². The molecule has 0 saturated carbocycles. The van der Waals surface area contributed by atoms with Crippen molar-refractivity contribution >= 4 is 11.5 Å². The van der Waals surface area contributed by atoms with Gasteiger partial charge < -0.3 is 14.5 Å². The number of aryl methyl sites for hydroxylation is 1. The highest BCUT2D eigenvalue weighted by Crippen LogP contribution is 2.29. The molecule has 0 N–H and O–H groups in total. The fourth-order valence-electron chi connectivity index (χ4n) is 5.25. The lowest BCUT2D eigenvalue weighted by Crippen LogP contribution is -2.42. The third-order valence-corrected chi connectivity index (χ3v) is 7.15. The Morgan fingerprint density at radius 2 is 1.91 bits per heavy atom. The van der Waals surface area contributed by atoms with Crippen LogP contribution in [0.4, 0.5) is 10.1 Å². The van der Waals surface area contributed by atoms with Crippen LogP contribution in [-0.2, 0) is 24.2 Å². The average Bonchev–Trinajstić information content (AvgIpc) is 3.18. The van der Waals surface area contributed by atoms with Gasteiger partial charge in [0, 0.05) is 43.2 Å². The number of ether oxygens (including phenoxy) is 1. The van der Waals surface area contributed by atoms with Crippen LogP contribution in [0.2, 0.25) is 0 Å². The van der Waals surface area contributed by atoms with Crippen LogP contribution < -0.4 is 10.6 Å². The summed E-state index contributed by atoms with van der Waals surface area (Å²) < 4.78 is 22.2. The predicted molar refractivity (Wildman–Crippen MR) is 122 cm³/mol. The number of carbonyl (C=O) groups excluding carboxylic acids is 1. The molecule has 178 valence electrons. The van der Waals surface area contributed by atoms with E-state index in [-0.39, 0.29) is 23.9 Å². The maximum absolute atomic E-state index is 13.8. The molecule has 1 unspecified atom stereocenters. The van der Waals surface area contributed by atoms with Crippen molar-refractivity contribution < 1.29 is 13.9 Å². The predicted octanol–water partition coefficient (Wildman–Crippen LogP) is 2.11. The Labute approximate surface area is 192 Å². The first-order chi connectivity index (χ1) is 16.1. The molecule has 2 saturated heterocycles. The van der Waals surface area contributed by atoms with E-state index >= 15 is 0 Å². The van der Waals surface area contributed by atoms with Crippen LogP contribution in [0.5, 0.6) is 0 Å². The summed E-state index contributed by atoms with van der Waals surface area (Å²) in [7, 11) is 0. The Kier molecular flexibility index (Phi) is 6.59. The van der Waals surface area contributed by atoms with Gasteiger partial charge >= 0.3 is 5.69 Å². The summed E-state index contributed by atoms with van der Waals surface area (Å²) in [5.74, 6) is 1.02. The molecule has 0 amide bonds. The number of nitrogens with zero attached hydrogens (tertiary/aromatic N) is 5. The van der Waals surface area contributed by atoms with E-state index in [9.17, 15) is 14.0 Å². The zero-order valence-electron chi connectivity index (χ0n) is 19.0. The molecule has 0 aliphatic carbocycles. The number of Topliss-reactive ketones (excluding diaryl/α,β-unsaturated/α-hetero) is 1. The van der Waals surface area contributed by atoms with Gasteiger partial charge in [-0.25, -0.2) is 13.9 Å². The van der Waals surface area contributed by atoms with Crippen molar-refractivity contribution in [1.29, 1.82) is 0 Å². The summed E-state index contributed by atoms with van der Waals surface area (Å²) in [5.41, 5.74) is 1.49. The van der Waals surface area contributed by atoms with E-state index in [4.69, 9.17) is 4.74 Å². The highest BCUT2D eigenvalue weighted by Gasteiger charge is 2.29. The van der Waals surface area contributed by atoms with Crippen LogP contribution in [0, 0.1) is 5.92 Å². The first-order valence-electron chi connectivity index (χ1n) is 12.1. The van der Waals surface area contributed by atoms with Crippen molar-refractivity contribution in [2.75, 3.05) is 44.2 Å². The minimum absolute atomic E-state index is 0.00463. The molecule has 3 aliphatic rings. The van der Waals surface area contributed by atoms with Gasteiger partial charge in [0.25, 0.3) is 0 Å². The lowest BCUT2D eigenvalue weighted by molar-refractivity contribution is -0.0465. The maximum atomic E-state index is 13.8. The summed E-state index contributed by atoms with van der Waals surface area (Å²) >= 11 is 0. The Morgan fingerprint density at radius 3 is 2.70 bits per heavy atom. The number of halogens is 1. The quantitative estimate of drug-likeness (QED) is 0.619. The molecule has 5 rings (SSSR count). The molecule has 9 heteroatoms. The second kappa shape index (κ2) is 9.77. The zero-order valence-corrected chi connectivity index (χ0v) is 19.0. The van der Waals surface area contributed by atoms with E-state index in [0.29, 0.717) is 25.3 Å². The Morgan fingerprint density at radius 1 is 1.09 bits per heavy atom. The molecule has 0 spiro atoms. The number of carbonyl (C=O) groups is 1. The first-order valence-corrected chi connectivity index (χ1v) is 12.1. The number of morpholine rings is 1. The van der Waals surface area contributed by atoms with Gasteiger partial charge in [0.05, 0.1) is 19.7 Å². The molecule has 2 aromatic rings. The van der Waals surface area contributed by atoms with Crippen molar-refractivity contribution in [3.8, 4) is 0 Å². The van der Waals surface area contributed by atoms with Crippen molar-refractivity contribution in [1.82, 2.24) is 19.2 Å². The number of fused-ring (bicyclic) bond motifs is 1. The van der Waals surface area contributed by atoms with Gasteiger partial charge in [-0.15, -0.1) is 0 Å². The van der Waals surface area contributed by atoms with E-state index in [1.54, 1.807) is 4.68 Å². The van der Waals surface area contributed by atoms with E-state index in [0.717, 1.165) is 69.8 Å². The van der Waals surface area contributed by atoms with Crippen LogP contribution >= 0.6 is 0 Å². The third-order valence-electron chi connectivity index (χ3n) is 7.15.